The van der Waals surface area contributed by atoms with E-state index in [2.05, 4.69) is 4.99 Å². The number of halogens is 3. The molecule has 1 aliphatic heterocycles. The summed E-state index contributed by atoms with van der Waals surface area (Å²) in [4.78, 5) is 19.3. The Labute approximate surface area is 177 Å². The number of carbonyl (C=O) groups is 1. The maximum absolute atomic E-state index is 13.4. The highest BCUT2D eigenvalue weighted by Gasteiger charge is 2.32. The number of hydrogen-bond acceptors (Lipinski definition) is 2. The summed E-state index contributed by atoms with van der Waals surface area (Å²) < 4.78 is 13.4. The van der Waals surface area contributed by atoms with Crippen molar-refractivity contribution in [2.45, 2.75) is 6.92 Å². The molecule has 0 bridgehead atoms. The summed E-state index contributed by atoms with van der Waals surface area (Å²) in [6, 6.07) is 18.5. The second kappa shape index (κ2) is 7.82. The minimum atomic E-state index is -0.377. The van der Waals surface area contributed by atoms with Crippen LogP contribution in [-0.2, 0) is 4.79 Å². The average Bonchev–Trinajstić information content (AvgIpc) is 3.01. The molecular weight excluding hydrogens is 410 g/mol. The molecule has 3 nitrogen and oxygen atoms in total. The molecule has 0 saturated heterocycles. The van der Waals surface area contributed by atoms with Crippen LogP contribution in [0.4, 0.5) is 10.1 Å². The first-order chi connectivity index (χ1) is 13.9. The molecular formula is C23H15Cl2FN2O. The van der Waals surface area contributed by atoms with Crippen molar-refractivity contribution in [3.63, 3.8) is 0 Å². The number of nitrogens with zero attached hydrogens (tertiary/aromatic N) is 2. The number of rotatable bonds is 3. The van der Waals surface area contributed by atoms with Gasteiger partial charge in [-0.05, 0) is 55.0 Å². The zero-order valence-electron chi connectivity index (χ0n) is 15.4. The molecule has 0 unspecified atom stereocenters. The third-order valence-corrected chi connectivity index (χ3v) is 5.07. The van der Waals surface area contributed by atoms with Gasteiger partial charge in [0.1, 0.15) is 17.3 Å². The Hall–Kier alpha value is -2.95. The summed E-state index contributed by atoms with van der Waals surface area (Å²) >= 11 is 12.2. The molecule has 0 spiro atoms. The van der Waals surface area contributed by atoms with Crippen LogP contribution >= 0.6 is 23.2 Å². The molecule has 0 aromatic heterocycles. The number of hydrogen-bond donors (Lipinski definition) is 0. The van der Waals surface area contributed by atoms with Crippen LogP contribution in [0.5, 0.6) is 0 Å². The Morgan fingerprint density at radius 1 is 0.966 bits per heavy atom. The van der Waals surface area contributed by atoms with Crippen molar-refractivity contribution < 1.29 is 9.18 Å². The van der Waals surface area contributed by atoms with Crippen molar-refractivity contribution in [3.05, 3.63) is 105 Å². The van der Waals surface area contributed by atoms with E-state index >= 15 is 0 Å². The highest BCUT2D eigenvalue weighted by Crippen LogP contribution is 2.30. The minimum Gasteiger partial charge on any atom is -0.266 e. The number of anilines is 1. The van der Waals surface area contributed by atoms with Gasteiger partial charge in [-0.25, -0.2) is 9.38 Å². The van der Waals surface area contributed by atoms with Gasteiger partial charge in [-0.1, -0.05) is 59.1 Å². The number of aryl methyl sites for hydroxylation is 1. The van der Waals surface area contributed by atoms with Gasteiger partial charge in [0.05, 0.1) is 5.69 Å². The average molecular weight is 425 g/mol. The Bertz CT molecular complexity index is 1150. The van der Waals surface area contributed by atoms with Gasteiger partial charge in [0.25, 0.3) is 5.91 Å². The van der Waals surface area contributed by atoms with Gasteiger partial charge in [0.15, 0.2) is 0 Å². The summed E-state index contributed by atoms with van der Waals surface area (Å²) in [5, 5.41) is 0.928. The summed E-state index contributed by atoms with van der Waals surface area (Å²) in [5.74, 6) is -0.228. The first kappa shape index (κ1) is 19.4. The number of aliphatic imine (C=N–C) groups is 1. The van der Waals surface area contributed by atoms with Crippen molar-refractivity contribution in [2.75, 3.05) is 4.90 Å². The molecule has 0 atom stereocenters. The molecule has 3 aromatic rings. The van der Waals surface area contributed by atoms with Gasteiger partial charge in [-0.2, -0.15) is 0 Å². The monoisotopic (exact) mass is 424 g/mol. The number of carbonyl (C=O) groups excluding carboxylic acids is 1. The summed E-state index contributed by atoms with van der Waals surface area (Å²) in [6.45, 7) is 1.98. The van der Waals surface area contributed by atoms with Gasteiger partial charge >= 0.3 is 0 Å². The molecule has 144 valence electrons. The van der Waals surface area contributed by atoms with E-state index in [4.69, 9.17) is 23.2 Å². The SMILES string of the molecule is Cc1ccc(C2=N/C(=C/c3ccc(Cl)cc3Cl)C(=O)N2c2ccc(F)cc2)cc1. The predicted molar refractivity (Wildman–Crippen MR) is 116 cm³/mol. The highest BCUT2D eigenvalue weighted by molar-refractivity contribution is 6.36. The Balaban J connectivity index is 1.83. The first-order valence-corrected chi connectivity index (χ1v) is 9.60. The molecule has 0 N–H and O–H groups in total. The molecule has 1 heterocycles. The Kier molecular flexibility index (Phi) is 5.22. The van der Waals surface area contributed by atoms with E-state index in [0.717, 1.165) is 11.1 Å². The Morgan fingerprint density at radius 3 is 2.31 bits per heavy atom. The van der Waals surface area contributed by atoms with E-state index in [1.807, 2.05) is 31.2 Å². The molecule has 1 aliphatic rings. The first-order valence-electron chi connectivity index (χ1n) is 8.85. The molecule has 6 heteroatoms. The third kappa shape index (κ3) is 3.95. The largest absolute Gasteiger partial charge is 0.282 e. The van der Waals surface area contributed by atoms with Crippen LogP contribution in [0.2, 0.25) is 10.0 Å². The lowest BCUT2D eigenvalue weighted by Gasteiger charge is -2.18. The smallest absolute Gasteiger partial charge is 0.266 e. The summed E-state index contributed by atoms with van der Waals surface area (Å²) in [5.41, 5.74) is 3.26. The molecule has 29 heavy (non-hydrogen) atoms. The molecule has 3 aromatic carbocycles. The van der Waals surface area contributed by atoms with Gasteiger partial charge in [-0.15, -0.1) is 0 Å². The fraction of sp³-hybridized carbons (Fsp3) is 0.0435. The van der Waals surface area contributed by atoms with Gasteiger partial charge in [0, 0.05) is 15.6 Å². The van der Waals surface area contributed by atoms with E-state index < -0.39 is 0 Å². The van der Waals surface area contributed by atoms with Crippen LogP contribution in [0.3, 0.4) is 0 Å². The molecule has 0 radical (unpaired) electrons. The lowest BCUT2D eigenvalue weighted by atomic mass is 10.1. The second-order valence-corrected chi connectivity index (χ2v) is 7.46. The molecule has 0 saturated carbocycles. The second-order valence-electron chi connectivity index (χ2n) is 6.61. The van der Waals surface area contributed by atoms with E-state index in [1.54, 1.807) is 36.4 Å². The maximum Gasteiger partial charge on any atom is 0.282 e. The van der Waals surface area contributed by atoms with Crippen molar-refractivity contribution in [1.29, 1.82) is 0 Å². The maximum atomic E-state index is 13.4. The number of amidine groups is 1. The molecule has 4 rings (SSSR count). The minimum absolute atomic E-state index is 0.231. The van der Waals surface area contributed by atoms with E-state index in [0.29, 0.717) is 27.1 Å². The van der Waals surface area contributed by atoms with Crippen molar-refractivity contribution in [3.8, 4) is 0 Å². The summed E-state index contributed by atoms with van der Waals surface area (Å²) in [7, 11) is 0. The number of amides is 1. The van der Waals surface area contributed by atoms with Crippen LogP contribution in [0.15, 0.2) is 77.4 Å². The highest BCUT2D eigenvalue weighted by atomic mass is 35.5. The normalized spacial score (nSPS) is 15.2. The molecule has 0 aliphatic carbocycles. The van der Waals surface area contributed by atoms with Crippen molar-refractivity contribution >= 4 is 46.7 Å². The van der Waals surface area contributed by atoms with Crippen molar-refractivity contribution in [1.82, 2.24) is 0 Å². The standard InChI is InChI=1S/C23H15Cl2FN2O/c1-14-2-4-15(5-3-14)22-27-21(12-16-6-7-17(24)13-20(16)25)23(29)28(22)19-10-8-18(26)9-11-19/h2-13H,1H3/b21-12+. The summed E-state index contributed by atoms with van der Waals surface area (Å²) in [6.07, 6.45) is 1.62. The lowest BCUT2D eigenvalue weighted by Crippen LogP contribution is -2.32. The molecule has 1 amide bonds. The predicted octanol–water partition coefficient (Wildman–Crippen LogP) is 6.28. The van der Waals surface area contributed by atoms with E-state index in [-0.39, 0.29) is 17.4 Å². The molecule has 0 fully saturated rings. The van der Waals surface area contributed by atoms with Crippen LogP contribution in [0, 0.1) is 12.7 Å². The van der Waals surface area contributed by atoms with Gasteiger partial charge in [0.2, 0.25) is 0 Å². The zero-order valence-corrected chi connectivity index (χ0v) is 16.9. The third-order valence-electron chi connectivity index (χ3n) is 4.51. The van der Waals surface area contributed by atoms with Crippen LogP contribution in [0.25, 0.3) is 6.08 Å². The van der Waals surface area contributed by atoms with Gasteiger partial charge in [-0.3, -0.25) is 9.69 Å². The zero-order chi connectivity index (χ0) is 20.5. The van der Waals surface area contributed by atoms with Crippen LogP contribution < -0.4 is 4.90 Å². The quantitative estimate of drug-likeness (QED) is 0.455. The topological polar surface area (TPSA) is 32.7 Å². The van der Waals surface area contributed by atoms with Crippen LogP contribution in [-0.4, -0.2) is 11.7 Å². The van der Waals surface area contributed by atoms with Gasteiger partial charge < -0.3 is 0 Å². The van der Waals surface area contributed by atoms with E-state index in [9.17, 15) is 9.18 Å². The van der Waals surface area contributed by atoms with E-state index in [1.165, 1.54) is 17.0 Å². The number of benzene rings is 3. The lowest BCUT2D eigenvalue weighted by molar-refractivity contribution is -0.113. The fourth-order valence-electron chi connectivity index (χ4n) is 3.01. The van der Waals surface area contributed by atoms with Crippen LogP contribution in [0.1, 0.15) is 16.7 Å². The van der Waals surface area contributed by atoms with Crippen molar-refractivity contribution in [2.24, 2.45) is 4.99 Å². The fourth-order valence-corrected chi connectivity index (χ4v) is 3.47. The Morgan fingerprint density at radius 2 is 1.66 bits per heavy atom.